The van der Waals surface area contributed by atoms with E-state index in [1.54, 1.807) is 35.4 Å². The molecular formula is C28H32N2O6. The third kappa shape index (κ3) is 6.69. The van der Waals surface area contributed by atoms with E-state index in [4.69, 9.17) is 23.7 Å². The van der Waals surface area contributed by atoms with E-state index in [1.165, 1.54) is 0 Å². The van der Waals surface area contributed by atoms with Crippen molar-refractivity contribution in [2.75, 3.05) is 35.0 Å². The number of benzene rings is 2. The van der Waals surface area contributed by atoms with Gasteiger partial charge in [0.05, 0.1) is 46.4 Å². The number of ether oxygens (including phenoxy) is 5. The van der Waals surface area contributed by atoms with Crippen molar-refractivity contribution in [1.82, 2.24) is 10.2 Å². The molecule has 0 amide bonds. The Hall–Kier alpha value is -4.20. The van der Waals surface area contributed by atoms with Crippen LogP contribution in [0.4, 0.5) is 0 Å². The summed E-state index contributed by atoms with van der Waals surface area (Å²) in [4.78, 5) is 12.0. The molecule has 3 rings (SSSR count). The van der Waals surface area contributed by atoms with E-state index in [0.29, 0.717) is 36.0 Å². The predicted molar refractivity (Wildman–Crippen MR) is 140 cm³/mol. The van der Waals surface area contributed by atoms with Gasteiger partial charge in [-0.2, -0.15) is 5.10 Å². The first-order chi connectivity index (χ1) is 17.5. The molecule has 3 aromatic rings. The van der Waals surface area contributed by atoms with Crippen molar-refractivity contribution in [1.29, 1.82) is 0 Å². The Labute approximate surface area is 211 Å². The summed E-state index contributed by atoms with van der Waals surface area (Å²) in [7, 11) is 6.41. The lowest BCUT2D eigenvalue weighted by molar-refractivity contribution is -0.143. The molecule has 0 bridgehead atoms. The lowest BCUT2D eigenvalue weighted by atomic mass is 10.0. The summed E-state index contributed by atoms with van der Waals surface area (Å²) in [5.41, 5.74) is 4.31. The number of esters is 1. The highest BCUT2D eigenvalue weighted by Gasteiger charge is 2.13. The van der Waals surface area contributed by atoms with Gasteiger partial charge in [0, 0.05) is 12.0 Å². The van der Waals surface area contributed by atoms with Crippen LogP contribution >= 0.6 is 0 Å². The lowest BCUT2D eigenvalue weighted by Gasteiger charge is -2.08. The second-order valence-corrected chi connectivity index (χ2v) is 7.70. The normalized spacial score (nSPS) is 11.1. The predicted octanol–water partition coefficient (Wildman–Crippen LogP) is 5.28. The zero-order valence-corrected chi connectivity index (χ0v) is 21.3. The number of aromatic nitrogens is 2. The Kier molecular flexibility index (Phi) is 9.56. The molecule has 0 saturated heterocycles. The van der Waals surface area contributed by atoms with Crippen molar-refractivity contribution in [2.45, 2.75) is 19.8 Å². The van der Waals surface area contributed by atoms with Crippen LogP contribution in [0.3, 0.4) is 0 Å². The minimum absolute atomic E-state index is 0.247. The Morgan fingerprint density at radius 1 is 0.806 bits per heavy atom. The zero-order valence-electron chi connectivity index (χ0n) is 21.3. The average molecular weight is 493 g/mol. The highest BCUT2D eigenvalue weighted by Crippen LogP contribution is 2.30. The summed E-state index contributed by atoms with van der Waals surface area (Å²) in [5, 5.41) is 7.58. The van der Waals surface area contributed by atoms with Gasteiger partial charge in [-0.3, -0.25) is 9.89 Å². The first kappa shape index (κ1) is 26.4. The van der Waals surface area contributed by atoms with Crippen LogP contribution in [0.25, 0.3) is 24.3 Å². The monoisotopic (exact) mass is 492 g/mol. The number of hydrogen-bond donors (Lipinski definition) is 1. The molecule has 0 saturated carbocycles. The Morgan fingerprint density at radius 2 is 1.36 bits per heavy atom. The smallest absolute Gasteiger partial charge is 0.306 e. The van der Waals surface area contributed by atoms with Crippen LogP contribution in [0.1, 0.15) is 41.4 Å². The molecule has 0 aliphatic carbocycles. The van der Waals surface area contributed by atoms with E-state index in [9.17, 15) is 4.79 Å². The molecule has 0 fully saturated rings. The quantitative estimate of drug-likeness (QED) is 0.344. The number of H-pyrrole nitrogens is 1. The van der Waals surface area contributed by atoms with Crippen molar-refractivity contribution >= 4 is 30.3 Å². The van der Waals surface area contributed by atoms with Gasteiger partial charge in [-0.1, -0.05) is 24.3 Å². The van der Waals surface area contributed by atoms with Gasteiger partial charge in [0.25, 0.3) is 0 Å². The van der Waals surface area contributed by atoms with Gasteiger partial charge >= 0.3 is 5.97 Å². The fraction of sp³-hybridized carbons (Fsp3) is 0.286. The Bertz CT molecular complexity index is 1150. The van der Waals surface area contributed by atoms with Crippen molar-refractivity contribution in [3.05, 3.63) is 64.5 Å². The van der Waals surface area contributed by atoms with Crippen molar-refractivity contribution < 1.29 is 28.5 Å². The second-order valence-electron chi connectivity index (χ2n) is 7.70. The van der Waals surface area contributed by atoms with E-state index in [0.717, 1.165) is 28.1 Å². The molecule has 0 aliphatic heterocycles. The maximum atomic E-state index is 12.0. The van der Waals surface area contributed by atoms with Crippen LogP contribution < -0.4 is 18.9 Å². The first-order valence-electron chi connectivity index (χ1n) is 11.6. The van der Waals surface area contributed by atoms with Gasteiger partial charge < -0.3 is 23.7 Å². The van der Waals surface area contributed by atoms with Crippen molar-refractivity contribution in [3.8, 4) is 23.0 Å². The summed E-state index contributed by atoms with van der Waals surface area (Å²) in [6, 6.07) is 11.3. The molecule has 1 N–H and O–H groups in total. The molecule has 1 heterocycles. The minimum atomic E-state index is -0.247. The maximum absolute atomic E-state index is 12.0. The molecule has 36 heavy (non-hydrogen) atoms. The Morgan fingerprint density at radius 3 is 1.89 bits per heavy atom. The van der Waals surface area contributed by atoms with Gasteiger partial charge in [-0.05, 0) is 60.9 Å². The standard InChI is InChI=1S/C28H32N2O6/c1-6-36-28(31)16-11-21-22(12-7-19-9-14-24(32-2)26(17-19)34-4)29-30-23(21)13-8-20-10-15-25(33-3)27(18-20)35-5/h7-10,12-15,17-18H,6,11,16H2,1-5H3,(H,29,30)/b12-7+,13-8+. The number of carbonyl (C=O) groups is 1. The summed E-state index contributed by atoms with van der Waals surface area (Å²) >= 11 is 0. The summed E-state index contributed by atoms with van der Waals surface area (Å²) < 4.78 is 26.5. The van der Waals surface area contributed by atoms with Crippen LogP contribution in [-0.2, 0) is 16.0 Å². The SMILES string of the molecule is CCOC(=O)CCc1c(/C=C/c2ccc(OC)c(OC)c2)n[nH]c1/C=C/c1ccc(OC)c(OC)c1. The number of methoxy groups -OCH3 is 4. The number of rotatable bonds is 12. The van der Waals surface area contributed by atoms with Crippen LogP contribution in [0.5, 0.6) is 23.0 Å². The minimum Gasteiger partial charge on any atom is -0.493 e. The molecule has 0 aliphatic rings. The van der Waals surface area contributed by atoms with Gasteiger partial charge in [0.1, 0.15) is 0 Å². The largest absolute Gasteiger partial charge is 0.493 e. The maximum Gasteiger partial charge on any atom is 0.306 e. The van der Waals surface area contributed by atoms with E-state index >= 15 is 0 Å². The van der Waals surface area contributed by atoms with Gasteiger partial charge in [0.15, 0.2) is 23.0 Å². The fourth-order valence-electron chi connectivity index (χ4n) is 3.66. The van der Waals surface area contributed by atoms with Gasteiger partial charge in [0.2, 0.25) is 0 Å². The summed E-state index contributed by atoms with van der Waals surface area (Å²) in [6.45, 7) is 2.15. The highest BCUT2D eigenvalue weighted by atomic mass is 16.5. The van der Waals surface area contributed by atoms with Crippen LogP contribution in [0.15, 0.2) is 36.4 Å². The van der Waals surface area contributed by atoms with E-state index in [1.807, 2.05) is 60.7 Å². The zero-order chi connectivity index (χ0) is 25.9. The molecular weight excluding hydrogens is 460 g/mol. The lowest BCUT2D eigenvalue weighted by Crippen LogP contribution is -2.05. The third-order valence-corrected chi connectivity index (χ3v) is 5.51. The summed E-state index contributed by atoms with van der Waals surface area (Å²) in [6.07, 6.45) is 8.46. The molecule has 2 aromatic carbocycles. The molecule has 8 nitrogen and oxygen atoms in total. The van der Waals surface area contributed by atoms with E-state index in [2.05, 4.69) is 10.2 Å². The highest BCUT2D eigenvalue weighted by molar-refractivity contribution is 5.77. The van der Waals surface area contributed by atoms with E-state index < -0.39 is 0 Å². The summed E-state index contributed by atoms with van der Waals surface area (Å²) in [5.74, 6) is 2.36. The van der Waals surface area contributed by atoms with Crippen LogP contribution in [0.2, 0.25) is 0 Å². The molecule has 0 unspecified atom stereocenters. The van der Waals surface area contributed by atoms with Crippen LogP contribution in [0, 0.1) is 0 Å². The van der Waals surface area contributed by atoms with Gasteiger partial charge in [-0.25, -0.2) is 0 Å². The number of aromatic amines is 1. The van der Waals surface area contributed by atoms with Crippen LogP contribution in [-0.4, -0.2) is 51.2 Å². The molecule has 0 atom stereocenters. The molecule has 0 spiro atoms. The van der Waals surface area contributed by atoms with Gasteiger partial charge in [-0.15, -0.1) is 0 Å². The number of carbonyl (C=O) groups excluding carboxylic acids is 1. The molecule has 190 valence electrons. The second kappa shape index (κ2) is 13.0. The van der Waals surface area contributed by atoms with Crippen molar-refractivity contribution in [2.24, 2.45) is 0 Å². The number of nitrogens with zero attached hydrogens (tertiary/aromatic N) is 1. The van der Waals surface area contributed by atoms with Crippen molar-refractivity contribution in [3.63, 3.8) is 0 Å². The Balaban J connectivity index is 1.90. The number of nitrogens with one attached hydrogen (secondary N) is 1. The topological polar surface area (TPSA) is 91.9 Å². The number of hydrogen-bond acceptors (Lipinski definition) is 7. The third-order valence-electron chi connectivity index (χ3n) is 5.51. The van der Waals surface area contributed by atoms with E-state index in [-0.39, 0.29) is 12.4 Å². The first-order valence-corrected chi connectivity index (χ1v) is 11.6. The molecule has 8 heteroatoms. The molecule has 1 aromatic heterocycles. The molecule has 0 radical (unpaired) electrons. The average Bonchev–Trinajstić information content (AvgIpc) is 3.30. The fourth-order valence-corrected chi connectivity index (χ4v) is 3.66.